The van der Waals surface area contributed by atoms with Gasteiger partial charge in [-0.15, -0.1) is 0 Å². The van der Waals surface area contributed by atoms with E-state index in [9.17, 15) is 15.0 Å². The van der Waals surface area contributed by atoms with Gasteiger partial charge in [0.15, 0.2) is 11.9 Å². The van der Waals surface area contributed by atoms with Crippen LogP contribution in [-0.2, 0) is 23.2 Å². The topological polar surface area (TPSA) is 70.0 Å². The maximum Gasteiger partial charge on any atom is 0.196 e. The Bertz CT molecular complexity index is 773. The highest BCUT2D eigenvalue weighted by atomic mass is 16.5. The summed E-state index contributed by atoms with van der Waals surface area (Å²) in [4.78, 5) is 14.7. The van der Waals surface area contributed by atoms with Crippen molar-refractivity contribution >= 4 is 5.78 Å². The fourth-order valence-corrected chi connectivity index (χ4v) is 5.32. The van der Waals surface area contributed by atoms with Crippen molar-refractivity contribution in [1.82, 2.24) is 4.90 Å². The van der Waals surface area contributed by atoms with Gasteiger partial charge in [-0.1, -0.05) is 12.1 Å². The number of likely N-dealkylation sites (tertiary alicyclic amines) is 1. The van der Waals surface area contributed by atoms with Gasteiger partial charge in [0.1, 0.15) is 11.4 Å². The van der Waals surface area contributed by atoms with Crippen molar-refractivity contribution in [1.29, 1.82) is 0 Å². The molecule has 2 unspecified atom stereocenters. The number of ether oxygens (including phenoxy) is 1. The molecule has 4 aliphatic rings. The predicted molar refractivity (Wildman–Crippen MR) is 82.3 cm³/mol. The summed E-state index contributed by atoms with van der Waals surface area (Å²) >= 11 is 0. The molecule has 120 valence electrons. The fourth-order valence-electron chi connectivity index (χ4n) is 5.32. The number of nitrogens with zero attached hydrogens (tertiary/aromatic N) is 1. The number of aliphatic hydroxyl groups excluding tert-OH is 1. The second kappa shape index (κ2) is 4.04. The van der Waals surface area contributed by atoms with Crippen LogP contribution in [0.25, 0.3) is 0 Å². The van der Waals surface area contributed by atoms with Gasteiger partial charge in [-0.25, -0.2) is 0 Å². The van der Waals surface area contributed by atoms with Crippen molar-refractivity contribution in [3.05, 3.63) is 41.0 Å². The molecule has 1 spiro atoms. The van der Waals surface area contributed by atoms with Gasteiger partial charge in [-0.05, 0) is 44.1 Å². The normalized spacial score (nSPS) is 40.0. The van der Waals surface area contributed by atoms with Crippen molar-refractivity contribution in [2.45, 2.75) is 42.6 Å². The standard InChI is InChI=1S/C18H19NO4/c1-19-7-6-17-14-10-2-3-11(9-20)15(14)23-16(17)12(21)4-5-18(17,22)13(19)8-10/h2-5,13,16,20,22H,6-9H2,1H3/t13?,16?,17-,18+/m0/s1. The van der Waals surface area contributed by atoms with Crippen LogP contribution in [-0.4, -0.2) is 52.2 Å². The molecule has 1 aromatic rings. The second-order valence-corrected chi connectivity index (χ2v) is 7.23. The van der Waals surface area contributed by atoms with Crippen LogP contribution in [0.2, 0.25) is 0 Å². The molecule has 5 nitrogen and oxygen atoms in total. The minimum Gasteiger partial charge on any atom is -0.481 e. The largest absolute Gasteiger partial charge is 0.481 e. The van der Waals surface area contributed by atoms with Gasteiger partial charge in [0.25, 0.3) is 0 Å². The van der Waals surface area contributed by atoms with E-state index < -0.39 is 17.1 Å². The predicted octanol–water partition coefficient (Wildman–Crippen LogP) is 0.308. The summed E-state index contributed by atoms with van der Waals surface area (Å²) < 4.78 is 6.07. The number of carbonyl (C=O) groups excluding carboxylic acids is 1. The number of likely N-dealkylation sites (N-methyl/N-ethyl adjacent to an activating group) is 1. The van der Waals surface area contributed by atoms with Crippen LogP contribution in [0.1, 0.15) is 23.1 Å². The first-order valence-electron chi connectivity index (χ1n) is 8.11. The van der Waals surface area contributed by atoms with Gasteiger partial charge in [-0.2, -0.15) is 0 Å². The first kappa shape index (κ1) is 13.7. The van der Waals surface area contributed by atoms with Crippen molar-refractivity contribution in [3.8, 4) is 5.75 Å². The molecule has 1 aromatic carbocycles. The Morgan fingerprint density at radius 3 is 3.04 bits per heavy atom. The van der Waals surface area contributed by atoms with Crippen LogP contribution in [0, 0.1) is 0 Å². The lowest BCUT2D eigenvalue weighted by Gasteiger charge is -2.60. The molecular weight excluding hydrogens is 294 g/mol. The third kappa shape index (κ3) is 1.30. The summed E-state index contributed by atoms with van der Waals surface area (Å²) in [6.07, 6.45) is 3.88. The first-order chi connectivity index (χ1) is 11.0. The molecule has 1 saturated heterocycles. The van der Waals surface area contributed by atoms with Crippen molar-refractivity contribution in [3.63, 3.8) is 0 Å². The highest BCUT2D eigenvalue weighted by Crippen LogP contribution is 2.62. The summed E-state index contributed by atoms with van der Waals surface area (Å²) in [6, 6.07) is 3.83. The number of rotatable bonds is 1. The Labute approximate surface area is 134 Å². The van der Waals surface area contributed by atoms with Crippen LogP contribution >= 0.6 is 0 Å². The van der Waals surface area contributed by atoms with Gasteiger partial charge >= 0.3 is 0 Å². The molecule has 2 aliphatic heterocycles. The van der Waals surface area contributed by atoms with E-state index in [4.69, 9.17) is 4.74 Å². The molecule has 0 saturated carbocycles. The number of hydrogen-bond donors (Lipinski definition) is 2. The third-order valence-corrected chi connectivity index (χ3v) is 6.41. The quantitative estimate of drug-likeness (QED) is 0.781. The summed E-state index contributed by atoms with van der Waals surface area (Å²) in [6.45, 7) is 0.685. The summed E-state index contributed by atoms with van der Waals surface area (Å²) in [5.74, 6) is 0.527. The number of ketones is 1. The van der Waals surface area contributed by atoms with Gasteiger partial charge in [0.2, 0.25) is 0 Å². The fraction of sp³-hybridized carbons (Fsp3) is 0.500. The third-order valence-electron chi connectivity index (χ3n) is 6.41. The molecule has 5 rings (SSSR count). The molecule has 2 bridgehead atoms. The molecule has 0 aromatic heterocycles. The number of hydrogen-bond acceptors (Lipinski definition) is 5. The molecule has 2 N–H and O–H groups in total. The van der Waals surface area contributed by atoms with E-state index in [1.807, 2.05) is 19.2 Å². The SMILES string of the molecule is CN1CC[C@]23c4c5ccc(CO)c4OC2C(=O)C=C[C@@]3(O)C1C5. The van der Waals surface area contributed by atoms with Crippen LogP contribution in [0.3, 0.4) is 0 Å². The Morgan fingerprint density at radius 2 is 2.26 bits per heavy atom. The zero-order valence-electron chi connectivity index (χ0n) is 13.0. The Hall–Kier alpha value is -1.69. The Balaban J connectivity index is 1.89. The summed E-state index contributed by atoms with van der Waals surface area (Å²) in [7, 11) is 2.03. The molecular formula is C18H19NO4. The maximum absolute atomic E-state index is 12.5. The summed E-state index contributed by atoms with van der Waals surface area (Å²) in [5.41, 5.74) is 0.956. The van der Waals surface area contributed by atoms with Crippen molar-refractivity contribution in [2.75, 3.05) is 13.6 Å². The summed E-state index contributed by atoms with van der Waals surface area (Å²) in [5, 5.41) is 21.3. The minimum absolute atomic E-state index is 0.0647. The van der Waals surface area contributed by atoms with Gasteiger partial charge < -0.3 is 14.9 Å². The zero-order chi connectivity index (χ0) is 16.0. The number of benzene rings is 1. The lowest BCUT2D eigenvalue weighted by molar-refractivity contribution is -0.151. The number of piperidine rings is 1. The van der Waals surface area contributed by atoms with Gasteiger partial charge in [-0.3, -0.25) is 9.69 Å². The molecule has 2 aliphatic carbocycles. The van der Waals surface area contributed by atoms with Crippen LogP contribution in [0.5, 0.6) is 5.75 Å². The molecule has 23 heavy (non-hydrogen) atoms. The smallest absolute Gasteiger partial charge is 0.196 e. The highest BCUT2D eigenvalue weighted by Gasteiger charge is 2.71. The number of aliphatic hydroxyl groups is 2. The van der Waals surface area contributed by atoms with Crippen LogP contribution in [0.4, 0.5) is 0 Å². The van der Waals surface area contributed by atoms with E-state index in [0.29, 0.717) is 17.7 Å². The van der Waals surface area contributed by atoms with E-state index in [1.54, 1.807) is 6.08 Å². The van der Waals surface area contributed by atoms with Gasteiger partial charge in [0, 0.05) is 17.2 Å². The van der Waals surface area contributed by atoms with Crippen LogP contribution in [0.15, 0.2) is 24.3 Å². The first-order valence-corrected chi connectivity index (χ1v) is 8.11. The van der Waals surface area contributed by atoms with E-state index in [1.165, 1.54) is 6.08 Å². The van der Waals surface area contributed by atoms with E-state index >= 15 is 0 Å². The molecule has 2 heterocycles. The molecule has 0 amide bonds. The Kier molecular flexibility index (Phi) is 2.41. The zero-order valence-corrected chi connectivity index (χ0v) is 13.0. The molecule has 4 atom stereocenters. The highest BCUT2D eigenvalue weighted by molar-refractivity contribution is 5.98. The molecule has 0 radical (unpaired) electrons. The van der Waals surface area contributed by atoms with Gasteiger partial charge in [0.05, 0.1) is 12.0 Å². The monoisotopic (exact) mass is 313 g/mol. The molecule has 5 heteroatoms. The average Bonchev–Trinajstić information content (AvgIpc) is 2.90. The van der Waals surface area contributed by atoms with Crippen LogP contribution < -0.4 is 4.74 Å². The maximum atomic E-state index is 12.5. The van der Waals surface area contributed by atoms with E-state index in [-0.39, 0.29) is 18.4 Å². The lowest BCUT2D eigenvalue weighted by Crippen LogP contribution is -2.74. The average molecular weight is 313 g/mol. The molecule has 1 fully saturated rings. The minimum atomic E-state index is -1.11. The number of carbonyl (C=O) groups is 1. The van der Waals surface area contributed by atoms with E-state index in [0.717, 1.165) is 24.1 Å². The van der Waals surface area contributed by atoms with Crippen molar-refractivity contribution in [2.24, 2.45) is 0 Å². The lowest BCUT2D eigenvalue weighted by atomic mass is 9.51. The van der Waals surface area contributed by atoms with E-state index in [2.05, 4.69) is 4.90 Å². The van der Waals surface area contributed by atoms with Crippen molar-refractivity contribution < 1.29 is 19.7 Å². The second-order valence-electron chi connectivity index (χ2n) is 7.23. The Morgan fingerprint density at radius 1 is 1.43 bits per heavy atom.